The highest BCUT2D eigenvalue weighted by Crippen LogP contribution is 2.23. The Morgan fingerprint density at radius 3 is 2.31 bits per heavy atom. The first-order valence-electron chi connectivity index (χ1n) is 5.67. The van der Waals surface area contributed by atoms with Gasteiger partial charge in [-0.2, -0.15) is 0 Å². The maximum atomic E-state index is 11.5. The molecule has 0 radical (unpaired) electrons. The molecule has 0 saturated heterocycles. The largest absolute Gasteiger partial charge is 0.372 e. The number of amides is 2. The van der Waals surface area contributed by atoms with E-state index in [9.17, 15) is 9.59 Å². The first-order valence-corrected chi connectivity index (χ1v) is 5.67. The summed E-state index contributed by atoms with van der Waals surface area (Å²) in [5.41, 5.74) is 5.24. The highest BCUT2D eigenvalue weighted by molar-refractivity contribution is 5.80. The predicted octanol–water partition coefficient (Wildman–Crippen LogP) is 0.182. The molecule has 0 bridgehead atoms. The molecule has 0 aromatic heterocycles. The number of hydrogen-bond acceptors (Lipinski definition) is 3. The number of carbonyl (C=O) groups excluding carboxylic acids is 2. The lowest BCUT2D eigenvalue weighted by molar-refractivity contribution is -0.131. The van der Waals surface area contributed by atoms with Crippen LogP contribution in [-0.4, -0.2) is 31.1 Å². The minimum Gasteiger partial charge on any atom is -0.372 e. The van der Waals surface area contributed by atoms with Gasteiger partial charge < -0.3 is 15.8 Å². The van der Waals surface area contributed by atoms with Crippen molar-refractivity contribution in [2.45, 2.75) is 44.8 Å². The van der Waals surface area contributed by atoms with Crippen LogP contribution in [0.25, 0.3) is 0 Å². The number of ether oxygens (including phenoxy) is 1. The van der Waals surface area contributed by atoms with Gasteiger partial charge >= 0.3 is 0 Å². The second-order valence-corrected chi connectivity index (χ2v) is 4.34. The molecular formula is C11H20N2O3. The van der Waals surface area contributed by atoms with E-state index < -0.39 is 6.10 Å². The molecule has 92 valence electrons. The molecule has 1 aliphatic rings. The number of nitrogens with one attached hydrogen (secondary N) is 1. The fourth-order valence-electron chi connectivity index (χ4n) is 1.95. The summed E-state index contributed by atoms with van der Waals surface area (Å²) < 4.78 is 4.93. The van der Waals surface area contributed by atoms with Crippen LogP contribution in [0.3, 0.4) is 0 Å². The number of rotatable bonds is 4. The summed E-state index contributed by atoms with van der Waals surface area (Å²) in [7, 11) is 1.51. The smallest absolute Gasteiger partial charge is 0.249 e. The summed E-state index contributed by atoms with van der Waals surface area (Å²) in [5, 5.41) is 2.91. The maximum Gasteiger partial charge on any atom is 0.249 e. The SMILES string of the molecule is COC(C)C(=O)NC1CCC(C(N)=O)CC1. The Kier molecular flexibility index (Phi) is 4.73. The van der Waals surface area contributed by atoms with Crippen LogP contribution in [0.5, 0.6) is 0 Å². The molecule has 1 fully saturated rings. The topological polar surface area (TPSA) is 81.4 Å². The van der Waals surface area contributed by atoms with E-state index >= 15 is 0 Å². The lowest BCUT2D eigenvalue weighted by atomic mass is 9.85. The third kappa shape index (κ3) is 3.48. The Morgan fingerprint density at radius 1 is 1.31 bits per heavy atom. The third-order valence-electron chi connectivity index (χ3n) is 3.20. The zero-order valence-corrected chi connectivity index (χ0v) is 9.86. The predicted molar refractivity (Wildman–Crippen MR) is 59.6 cm³/mol. The number of primary amides is 1. The fourth-order valence-corrected chi connectivity index (χ4v) is 1.95. The van der Waals surface area contributed by atoms with Crippen molar-refractivity contribution in [2.75, 3.05) is 7.11 Å². The molecule has 2 amide bonds. The van der Waals surface area contributed by atoms with Crippen LogP contribution < -0.4 is 11.1 Å². The second kappa shape index (κ2) is 5.84. The van der Waals surface area contributed by atoms with Crippen molar-refractivity contribution in [1.29, 1.82) is 0 Å². The number of methoxy groups -OCH3 is 1. The average molecular weight is 228 g/mol. The molecule has 1 unspecified atom stereocenters. The highest BCUT2D eigenvalue weighted by Gasteiger charge is 2.26. The van der Waals surface area contributed by atoms with E-state index in [0.717, 1.165) is 25.7 Å². The van der Waals surface area contributed by atoms with Gasteiger partial charge in [-0.05, 0) is 32.6 Å². The fraction of sp³-hybridized carbons (Fsp3) is 0.818. The molecule has 16 heavy (non-hydrogen) atoms. The van der Waals surface area contributed by atoms with Crippen LogP contribution in [-0.2, 0) is 14.3 Å². The van der Waals surface area contributed by atoms with E-state index in [0.29, 0.717) is 0 Å². The Bertz CT molecular complexity index is 260. The van der Waals surface area contributed by atoms with Crippen LogP contribution in [0.2, 0.25) is 0 Å². The minimum atomic E-state index is -0.422. The molecule has 0 aromatic rings. The Labute approximate surface area is 95.7 Å². The van der Waals surface area contributed by atoms with Crippen molar-refractivity contribution in [3.05, 3.63) is 0 Å². The van der Waals surface area contributed by atoms with Gasteiger partial charge in [-0.15, -0.1) is 0 Å². The van der Waals surface area contributed by atoms with Crippen molar-refractivity contribution in [2.24, 2.45) is 11.7 Å². The summed E-state index contributed by atoms with van der Waals surface area (Å²) in [5.74, 6) is -0.340. The lowest BCUT2D eigenvalue weighted by Gasteiger charge is -2.28. The summed E-state index contributed by atoms with van der Waals surface area (Å²) in [6.45, 7) is 1.71. The molecule has 0 spiro atoms. The highest BCUT2D eigenvalue weighted by atomic mass is 16.5. The molecule has 1 atom stereocenters. The van der Waals surface area contributed by atoms with E-state index in [2.05, 4.69) is 5.32 Å². The summed E-state index contributed by atoms with van der Waals surface area (Å²) in [4.78, 5) is 22.5. The Morgan fingerprint density at radius 2 is 1.88 bits per heavy atom. The van der Waals surface area contributed by atoms with Crippen LogP contribution in [0.1, 0.15) is 32.6 Å². The van der Waals surface area contributed by atoms with E-state index in [4.69, 9.17) is 10.5 Å². The molecule has 0 heterocycles. The normalized spacial score (nSPS) is 27.1. The Hall–Kier alpha value is -1.10. The van der Waals surface area contributed by atoms with Gasteiger partial charge in [0, 0.05) is 19.1 Å². The standard InChI is InChI=1S/C11H20N2O3/c1-7(16-2)11(15)13-9-5-3-8(4-6-9)10(12)14/h7-9H,3-6H2,1-2H3,(H2,12,14)(H,13,15). The van der Waals surface area contributed by atoms with Gasteiger partial charge in [-0.25, -0.2) is 0 Å². The molecule has 5 heteroatoms. The molecule has 5 nitrogen and oxygen atoms in total. The van der Waals surface area contributed by atoms with Gasteiger partial charge in [0.25, 0.3) is 0 Å². The first kappa shape index (κ1) is 13.0. The van der Waals surface area contributed by atoms with Crippen molar-refractivity contribution in [1.82, 2.24) is 5.32 Å². The summed E-state index contributed by atoms with van der Waals surface area (Å²) in [6, 6.07) is 0.153. The number of hydrogen-bond donors (Lipinski definition) is 2. The van der Waals surface area contributed by atoms with Gasteiger partial charge in [0.2, 0.25) is 11.8 Å². The van der Waals surface area contributed by atoms with E-state index in [-0.39, 0.29) is 23.8 Å². The van der Waals surface area contributed by atoms with Crippen molar-refractivity contribution in [3.8, 4) is 0 Å². The first-order chi connectivity index (χ1) is 7.54. The van der Waals surface area contributed by atoms with Gasteiger partial charge in [0.05, 0.1) is 0 Å². The average Bonchev–Trinajstić information content (AvgIpc) is 2.28. The second-order valence-electron chi connectivity index (χ2n) is 4.34. The molecule has 0 aromatic carbocycles. The molecule has 3 N–H and O–H groups in total. The van der Waals surface area contributed by atoms with Crippen molar-refractivity contribution in [3.63, 3.8) is 0 Å². The van der Waals surface area contributed by atoms with Gasteiger partial charge in [-0.1, -0.05) is 0 Å². The maximum absolute atomic E-state index is 11.5. The Balaban J connectivity index is 2.32. The van der Waals surface area contributed by atoms with Crippen molar-refractivity contribution < 1.29 is 14.3 Å². The van der Waals surface area contributed by atoms with Crippen LogP contribution in [0.4, 0.5) is 0 Å². The van der Waals surface area contributed by atoms with Crippen molar-refractivity contribution >= 4 is 11.8 Å². The number of nitrogens with two attached hydrogens (primary N) is 1. The molecule has 1 aliphatic carbocycles. The number of carbonyl (C=O) groups is 2. The molecule has 1 rings (SSSR count). The zero-order chi connectivity index (χ0) is 12.1. The zero-order valence-electron chi connectivity index (χ0n) is 9.86. The minimum absolute atomic E-state index is 0.0204. The van der Waals surface area contributed by atoms with Gasteiger partial charge in [0.1, 0.15) is 6.10 Å². The molecule has 0 aliphatic heterocycles. The summed E-state index contributed by atoms with van der Waals surface area (Å²) in [6.07, 6.45) is 2.74. The van der Waals surface area contributed by atoms with E-state index in [1.54, 1.807) is 6.92 Å². The van der Waals surface area contributed by atoms with Crippen LogP contribution >= 0.6 is 0 Å². The van der Waals surface area contributed by atoms with Crippen LogP contribution in [0, 0.1) is 5.92 Å². The van der Waals surface area contributed by atoms with E-state index in [1.165, 1.54) is 7.11 Å². The lowest BCUT2D eigenvalue weighted by Crippen LogP contribution is -2.43. The van der Waals surface area contributed by atoms with Crippen LogP contribution in [0.15, 0.2) is 0 Å². The monoisotopic (exact) mass is 228 g/mol. The molecular weight excluding hydrogens is 208 g/mol. The quantitative estimate of drug-likeness (QED) is 0.720. The van der Waals surface area contributed by atoms with Gasteiger partial charge in [-0.3, -0.25) is 9.59 Å². The van der Waals surface area contributed by atoms with Gasteiger partial charge in [0.15, 0.2) is 0 Å². The molecule has 1 saturated carbocycles. The van der Waals surface area contributed by atoms with E-state index in [1.807, 2.05) is 0 Å². The summed E-state index contributed by atoms with van der Waals surface area (Å²) >= 11 is 0. The third-order valence-corrected chi connectivity index (χ3v) is 3.20.